The third-order valence-electron chi connectivity index (χ3n) is 3.22. The Morgan fingerprint density at radius 3 is 2.58 bits per heavy atom. The number of aryl methyl sites for hydroxylation is 1. The summed E-state index contributed by atoms with van der Waals surface area (Å²) in [5.41, 5.74) is 1.30. The third-order valence-corrected chi connectivity index (χ3v) is 5.38. The fourth-order valence-electron chi connectivity index (χ4n) is 2.08. The number of alkyl halides is 1. The van der Waals surface area contributed by atoms with E-state index in [9.17, 15) is 8.42 Å². The first-order valence-electron chi connectivity index (χ1n) is 6.49. The standard InChI is InChI=1S/C12H20ClN3O2S/c1-8(2)7-16(10-4-5-10)19(17,18)12-11(6-13)9(3)14-15-12/h8,10H,4-7H2,1-3H3,(H,14,15). The maximum absolute atomic E-state index is 12.7. The summed E-state index contributed by atoms with van der Waals surface area (Å²) in [7, 11) is -3.55. The summed E-state index contributed by atoms with van der Waals surface area (Å²) >= 11 is 5.85. The van der Waals surface area contributed by atoms with Gasteiger partial charge < -0.3 is 0 Å². The van der Waals surface area contributed by atoms with Gasteiger partial charge >= 0.3 is 0 Å². The number of halogens is 1. The molecular weight excluding hydrogens is 286 g/mol. The van der Waals surface area contributed by atoms with Gasteiger partial charge in [0, 0.05) is 23.8 Å². The van der Waals surface area contributed by atoms with Crippen LogP contribution in [0.3, 0.4) is 0 Å². The normalized spacial score (nSPS) is 16.5. The highest BCUT2D eigenvalue weighted by atomic mass is 35.5. The van der Waals surface area contributed by atoms with Crippen LogP contribution in [0.15, 0.2) is 5.03 Å². The van der Waals surface area contributed by atoms with Crippen molar-refractivity contribution in [3.63, 3.8) is 0 Å². The molecule has 0 atom stereocenters. The van der Waals surface area contributed by atoms with Crippen LogP contribution in [0.4, 0.5) is 0 Å². The molecule has 1 fully saturated rings. The lowest BCUT2D eigenvalue weighted by atomic mass is 10.2. The van der Waals surface area contributed by atoms with E-state index in [0.29, 0.717) is 17.8 Å². The average molecular weight is 306 g/mol. The molecule has 0 spiro atoms. The molecule has 108 valence electrons. The van der Waals surface area contributed by atoms with Crippen LogP contribution in [0.25, 0.3) is 0 Å². The maximum atomic E-state index is 12.7. The van der Waals surface area contributed by atoms with Crippen LogP contribution in [0, 0.1) is 12.8 Å². The Kier molecular flexibility index (Phi) is 4.23. The minimum atomic E-state index is -3.55. The van der Waals surface area contributed by atoms with E-state index >= 15 is 0 Å². The molecule has 0 unspecified atom stereocenters. The zero-order valence-electron chi connectivity index (χ0n) is 11.5. The quantitative estimate of drug-likeness (QED) is 0.820. The lowest BCUT2D eigenvalue weighted by molar-refractivity contribution is 0.358. The van der Waals surface area contributed by atoms with Crippen LogP contribution in [-0.2, 0) is 15.9 Å². The van der Waals surface area contributed by atoms with Crippen molar-refractivity contribution in [2.75, 3.05) is 6.54 Å². The number of H-pyrrole nitrogens is 1. The zero-order valence-corrected chi connectivity index (χ0v) is 13.1. The molecule has 1 aromatic heterocycles. The molecule has 0 aliphatic heterocycles. The van der Waals surface area contributed by atoms with Gasteiger partial charge in [-0.3, -0.25) is 5.10 Å². The summed E-state index contributed by atoms with van der Waals surface area (Å²) in [4.78, 5) is 0. The van der Waals surface area contributed by atoms with E-state index in [1.165, 1.54) is 0 Å². The predicted octanol–water partition coefficient (Wildman–Crippen LogP) is 2.27. The summed E-state index contributed by atoms with van der Waals surface area (Å²) in [5.74, 6) is 0.437. The zero-order chi connectivity index (χ0) is 14.2. The van der Waals surface area contributed by atoms with Crippen LogP contribution in [-0.4, -0.2) is 35.5 Å². The second-order valence-electron chi connectivity index (χ2n) is 5.47. The molecule has 1 aromatic rings. The monoisotopic (exact) mass is 305 g/mol. The van der Waals surface area contributed by atoms with Gasteiger partial charge in [0.1, 0.15) is 0 Å². The van der Waals surface area contributed by atoms with E-state index < -0.39 is 10.0 Å². The minimum Gasteiger partial charge on any atom is -0.281 e. The second-order valence-corrected chi connectivity index (χ2v) is 7.54. The van der Waals surface area contributed by atoms with E-state index in [1.807, 2.05) is 13.8 Å². The van der Waals surface area contributed by atoms with Crippen molar-refractivity contribution in [2.24, 2.45) is 5.92 Å². The fraction of sp³-hybridized carbons (Fsp3) is 0.750. The van der Waals surface area contributed by atoms with Crippen LogP contribution < -0.4 is 0 Å². The fourth-order valence-corrected chi connectivity index (χ4v) is 4.50. The molecule has 1 aliphatic carbocycles. The molecule has 1 heterocycles. The smallest absolute Gasteiger partial charge is 0.262 e. The molecule has 0 bridgehead atoms. The number of hydrogen-bond acceptors (Lipinski definition) is 3. The van der Waals surface area contributed by atoms with Gasteiger partial charge in [0.15, 0.2) is 5.03 Å². The van der Waals surface area contributed by atoms with E-state index in [0.717, 1.165) is 12.8 Å². The molecule has 1 aliphatic rings. The SMILES string of the molecule is Cc1[nH]nc(S(=O)(=O)N(CC(C)C)C2CC2)c1CCl. The second kappa shape index (κ2) is 5.42. The summed E-state index contributed by atoms with van der Waals surface area (Å²) in [6.07, 6.45) is 1.87. The number of nitrogens with one attached hydrogen (secondary N) is 1. The molecule has 0 radical (unpaired) electrons. The van der Waals surface area contributed by atoms with Crippen LogP contribution in [0.1, 0.15) is 37.9 Å². The van der Waals surface area contributed by atoms with Crippen LogP contribution >= 0.6 is 11.6 Å². The van der Waals surface area contributed by atoms with Gasteiger partial charge in [-0.2, -0.15) is 9.40 Å². The van der Waals surface area contributed by atoms with Crippen LogP contribution in [0.2, 0.25) is 0 Å². The summed E-state index contributed by atoms with van der Waals surface area (Å²) < 4.78 is 27.0. The molecule has 7 heteroatoms. The Balaban J connectivity index is 2.38. The summed E-state index contributed by atoms with van der Waals surface area (Å²) in [6, 6.07) is 0.132. The molecule has 0 aromatic carbocycles. The summed E-state index contributed by atoms with van der Waals surface area (Å²) in [6.45, 7) is 6.35. The van der Waals surface area contributed by atoms with Crippen molar-refractivity contribution in [1.29, 1.82) is 0 Å². The molecule has 5 nitrogen and oxygen atoms in total. The number of hydrogen-bond donors (Lipinski definition) is 1. The maximum Gasteiger partial charge on any atom is 0.262 e. The van der Waals surface area contributed by atoms with E-state index in [2.05, 4.69) is 10.2 Å². The number of sulfonamides is 1. The van der Waals surface area contributed by atoms with Crippen molar-refractivity contribution in [2.45, 2.75) is 50.6 Å². The van der Waals surface area contributed by atoms with Gasteiger partial charge in [0.25, 0.3) is 10.0 Å². The lowest BCUT2D eigenvalue weighted by Crippen LogP contribution is -2.36. The van der Waals surface area contributed by atoms with Crippen LogP contribution in [0.5, 0.6) is 0 Å². The molecule has 1 N–H and O–H groups in total. The van der Waals surface area contributed by atoms with Crippen molar-refractivity contribution in [3.05, 3.63) is 11.3 Å². The highest BCUT2D eigenvalue weighted by Gasteiger charge is 2.40. The van der Waals surface area contributed by atoms with Gasteiger partial charge in [-0.15, -0.1) is 11.6 Å². The average Bonchev–Trinajstić information content (AvgIpc) is 3.08. The van der Waals surface area contributed by atoms with Gasteiger partial charge in [0.2, 0.25) is 0 Å². The Morgan fingerprint density at radius 1 is 1.47 bits per heavy atom. The number of aromatic nitrogens is 2. The van der Waals surface area contributed by atoms with Gasteiger partial charge in [0.05, 0.1) is 5.88 Å². The number of rotatable bonds is 6. The minimum absolute atomic E-state index is 0.0903. The lowest BCUT2D eigenvalue weighted by Gasteiger charge is -2.23. The Hall–Kier alpha value is -0.590. The number of aromatic amines is 1. The van der Waals surface area contributed by atoms with Crippen molar-refractivity contribution >= 4 is 21.6 Å². The van der Waals surface area contributed by atoms with Crippen molar-refractivity contribution in [1.82, 2.24) is 14.5 Å². The van der Waals surface area contributed by atoms with E-state index in [-0.39, 0.29) is 22.9 Å². The molecule has 2 rings (SSSR count). The predicted molar refractivity (Wildman–Crippen MR) is 74.6 cm³/mol. The third kappa shape index (κ3) is 2.95. The Labute approximate surface area is 119 Å². The molecule has 1 saturated carbocycles. The van der Waals surface area contributed by atoms with Crippen molar-refractivity contribution in [3.8, 4) is 0 Å². The summed E-state index contributed by atoms with van der Waals surface area (Å²) in [5, 5.41) is 6.77. The first-order valence-corrected chi connectivity index (χ1v) is 8.47. The molecule has 19 heavy (non-hydrogen) atoms. The highest BCUT2D eigenvalue weighted by molar-refractivity contribution is 7.89. The topological polar surface area (TPSA) is 66.1 Å². The Morgan fingerprint density at radius 2 is 2.11 bits per heavy atom. The van der Waals surface area contributed by atoms with Crippen molar-refractivity contribution < 1.29 is 8.42 Å². The largest absolute Gasteiger partial charge is 0.281 e. The first kappa shape index (κ1) is 14.8. The highest BCUT2D eigenvalue weighted by Crippen LogP contribution is 2.33. The first-order chi connectivity index (χ1) is 8.87. The van der Waals surface area contributed by atoms with Gasteiger partial charge in [-0.05, 0) is 25.7 Å². The van der Waals surface area contributed by atoms with E-state index in [1.54, 1.807) is 11.2 Å². The van der Waals surface area contributed by atoms with E-state index in [4.69, 9.17) is 11.6 Å². The number of nitrogens with zero attached hydrogens (tertiary/aromatic N) is 2. The van der Waals surface area contributed by atoms with Gasteiger partial charge in [-0.25, -0.2) is 8.42 Å². The Bertz CT molecular complexity index is 549. The molecule has 0 saturated heterocycles. The molecule has 0 amide bonds. The van der Waals surface area contributed by atoms with Gasteiger partial charge in [-0.1, -0.05) is 13.8 Å². The molecular formula is C12H20ClN3O2S.